The maximum atomic E-state index is 14.1. The van der Waals surface area contributed by atoms with Crippen molar-refractivity contribution >= 4 is 5.78 Å². The summed E-state index contributed by atoms with van der Waals surface area (Å²) in [6.45, 7) is 3.83. The van der Waals surface area contributed by atoms with E-state index in [1.807, 2.05) is 18.2 Å². The minimum atomic E-state index is -1.06. The third kappa shape index (κ3) is 2.55. The molecule has 2 fully saturated rings. The van der Waals surface area contributed by atoms with Crippen LogP contribution in [0.1, 0.15) is 55.7 Å². The standard InChI is InChI=1S/C29H35NO4/c1-4-5-17-33-28-14-13-24(32)29(19-20-9-7-6-8-10-20)27(28)15-16-30(2,3)23(28)18-21-11-12-22(31)26(34-29)25(21)27/h6-12,23H,4-5,13-19H2,1-3H3/p+1/t23?,27-,28?,29?/m1/s1. The van der Waals surface area contributed by atoms with E-state index in [9.17, 15) is 9.90 Å². The van der Waals surface area contributed by atoms with Gasteiger partial charge in [0.25, 0.3) is 0 Å². The van der Waals surface area contributed by atoms with Crippen LogP contribution >= 0.6 is 0 Å². The first kappa shape index (κ1) is 22.1. The lowest BCUT2D eigenvalue weighted by molar-refractivity contribution is -0.932. The molecule has 5 nitrogen and oxygen atoms in total. The van der Waals surface area contributed by atoms with E-state index in [4.69, 9.17) is 9.47 Å². The zero-order valence-electron chi connectivity index (χ0n) is 20.6. The second-order valence-electron chi connectivity index (χ2n) is 11.4. The SMILES string of the molecule is CCCCOC12CCC(=O)C3(Cc4ccccc4)Oc4c(O)ccc5c4[C@@]31CC[N+](C)(C)C2C5. The molecule has 2 aliphatic carbocycles. The number of rotatable bonds is 6. The van der Waals surface area contributed by atoms with Gasteiger partial charge in [-0.1, -0.05) is 49.7 Å². The number of unbranched alkanes of at least 4 members (excludes halogenated alkanes) is 1. The van der Waals surface area contributed by atoms with Crippen LogP contribution in [-0.2, 0) is 27.8 Å². The van der Waals surface area contributed by atoms with E-state index in [2.05, 4.69) is 39.2 Å². The van der Waals surface area contributed by atoms with Crippen molar-refractivity contribution in [2.24, 2.45) is 0 Å². The summed E-state index contributed by atoms with van der Waals surface area (Å²) >= 11 is 0. The van der Waals surface area contributed by atoms with Gasteiger partial charge in [0.15, 0.2) is 22.9 Å². The van der Waals surface area contributed by atoms with Crippen LogP contribution in [0.25, 0.3) is 0 Å². The molecule has 1 N–H and O–H groups in total. The number of likely N-dealkylation sites (N-methyl/N-ethyl adjacent to an activating group) is 1. The Morgan fingerprint density at radius 1 is 1.15 bits per heavy atom. The van der Waals surface area contributed by atoms with Crippen LogP contribution in [0.2, 0.25) is 0 Å². The summed E-state index contributed by atoms with van der Waals surface area (Å²) in [5, 5.41) is 11.0. The lowest BCUT2D eigenvalue weighted by Crippen LogP contribution is -2.84. The van der Waals surface area contributed by atoms with E-state index >= 15 is 0 Å². The molecule has 1 saturated carbocycles. The molecule has 1 spiro atoms. The fourth-order valence-corrected chi connectivity index (χ4v) is 8.03. The Hall–Kier alpha value is -2.37. The van der Waals surface area contributed by atoms with Crippen molar-refractivity contribution in [1.29, 1.82) is 0 Å². The summed E-state index contributed by atoms with van der Waals surface area (Å²) in [5.41, 5.74) is 1.20. The summed E-state index contributed by atoms with van der Waals surface area (Å²) in [6.07, 6.45) is 5.42. The third-order valence-electron chi connectivity index (χ3n) is 9.52. The molecule has 2 heterocycles. The number of phenols is 1. The molecule has 6 rings (SSSR count). The zero-order chi connectivity index (χ0) is 23.8. The normalized spacial score (nSPS) is 34.4. The highest BCUT2D eigenvalue weighted by atomic mass is 16.5. The van der Waals surface area contributed by atoms with Crippen molar-refractivity contribution in [2.75, 3.05) is 27.2 Å². The van der Waals surface area contributed by atoms with Crippen LogP contribution in [0.15, 0.2) is 42.5 Å². The van der Waals surface area contributed by atoms with Crippen LogP contribution in [0, 0.1) is 0 Å². The smallest absolute Gasteiger partial charge is 0.184 e. The molecular weight excluding hydrogens is 426 g/mol. The van der Waals surface area contributed by atoms with Crippen molar-refractivity contribution in [3.05, 3.63) is 59.2 Å². The molecule has 34 heavy (non-hydrogen) atoms. The van der Waals surface area contributed by atoms with E-state index in [0.717, 1.165) is 54.3 Å². The Bertz CT molecular complexity index is 1140. The van der Waals surface area contributed by atoms with Gasteiger partial charge in [0.05, 0.1) is 26.1 Å². The molecular formula is C29H36NO4+. The first-order valence-corrected chi connectivity index (χ1v) is 12.9. The number of hydrogen-bond donors (Lipinski definition) is 1. The minimum absolute atomic E-state index is 0.142. The molecule has 2 bridgehead atoms. The molecule has 0 aromatic heterocycles. The fourth-order valence-electron chi connectivity index (χ4n) is 8.03. The van der Waals surface area contributed by atoms with Gasteiger partial charge in [-0.2, -0.15) is 0 Å². The average Bonchev–Trinajstić information content (AvgIpc) is 3.13. The van der Waals surface area contributed by atoms with Crippen LogP contribution in [0.3, 0.4) is 0 Å². The van der Waals surface area contributed by atoms with Crippen LogP contribution in [-0.4, -0.2) is 59.9 Å². The molecule has 4 aliphatic rings. The number of quaternary nitrogens is 1. The molecule has 0 radical (unpaired) electrons. The van der Waals surface area contributed by atoms with Gasteiger partial charge >= 0.3 is 0 Å². The maximum Gasteiger partial charge on any atom is 0.184 e. The molecule has 1 saturated heterocycles. The van der Waals surface area contributed by atoms with Crippen LogP contribution < -0.4 is 4.74 Å². The molecule has 0 amide bonds. The Labute approximate surface area is 202 Å². The fraction of sp³-hybridized carbons (Fsp3) is 0.552. The van der Waals surface area contributed by atoms with Gasteiger partial charge in [0.1, 0.15) is 11.6 Å². The number of likely N-dealkylation sites (tertiary alicyclic amines) is 1. The van der Waals surface area contributed by atoms with Crippen molar-refractivity contribution < 1.29 is 23.9 Å². The highest BCUT2D eigenvalue weighted by Crippen LogP contribution is 2.70. The predicted octanol–water partition coefficient (Wildman–Crippen LogP) is 4.33. The largest absolute Gasteiger partial charge is 0.504 e. The van der Waals surface area contributed by atoms with Crippen molar-refractivity contribution in [3.63, 3.8) is 0 Å². The molecule has 2 aromatic carbocycles. The number of phenolic OH excluding ortho intramolecular Hbond substituents is 1. The number of hydrogen-bond acceptors (Lipinski definition) is 4. The van der Waals surface area contributed by atoms with Gasteiger partial charge in [-0.3, -0.25) is 4.79 Å². The molecule has 3 unspecified atom stereocenters. The van der Waals surface area contributed by atoms with Crippen molar-refractivity contribution in [2.45, 2.75) is 74.5 Å². The number of carbonyl (C=O) groups excluding carboxylic acids is 1. The van der Waals surface area contributed by atoms with Gasteiger partial charge < -0.3 is 19.1 Å². The Kier molecular flexibility index (Phi) is 4.76. The Balaban J connectivity index is 1.65. The second kappa shape index (κ2) is 7.32. The Morgan fingerprint density at radius 3 is 2.71 bits per heavy atom. The molecule has 2 aromatic rings. The number of Topliss-reactive ketones (excluding diaryl/α,β-unsaturated/α-hetero) is 1. The summed E-state index contributed by atoms with van der Waals surface area (Å²) < 4.78 is 14.8. The number of ketones is 1. The second-order valence-corrected chi connectivity index (χ2v) is 11.4. The predicted molar refractivity (Wildman–Crippen MR) is 130 cm³/mol. The summed E-state index contributed by atoms with van der Waals surface area (Å²) in [5.74, 6) is 0.821. The van der Waals surface area contributed by atoms with Crippen molar-refractivity contribution in [1.82, 2.24) is 0 Å². The van der Waals surface area contributed by atoms with Crippen LogP contribution in [0.4, 0.5) is 0 Å². The summed E-state index contributed by atoms with van der Waals surface area (Å²) in [4.78, 5) is 14.1. The monoisotopic (exact) mass is 462 g/mol. The van der Waals surface area contributed by atoms with E-state index in [0.29, 0.717) is 25.2 Å². The van der Waals surface area contributed by atoms with Gasteiger partial charge in [-0.15, -0.1) is 0 Å². The summed E-state index contributed by atoms with van der Waals surface area (Å²) in [7, 11) is 4.64. The van der Waals surface area contributed by atoms with E-state index in [1.54, 1.807) is 6.07 Å². The zero-order valence-corrected chi connectivity index (χ0v) is 20.6. The topological polar surface area (TPSA) is 55.8 Å². The third-order valence-corrected chi connectivity index (χ3v) is 9.52. The van der Waals surface area contributed by atoms with Crippen LogP contribution in [0.5, 0.6) is 11.5 Å². The van der Waals surface area contributed by atoms with Gasteiger partial charge in [0.2, 0.25) is 0 Å². The number of carbonyl (C=O) groups is 1. The molecule has 5 heteroatoms. The number of benzene rings is 2. The number of ether oxygens (including phenoxy) is 2. The highest BCUT2D eigenvalue weighted by molar-refractivity contribution is 5.94. The highest BCUT2D eigenvalue weighted by Gasteiger charge is 2.82. The quantitative estimate of drug-likeness (QED) is 0.513. The first-order valence-electron chi connectivity index (χ1n) is 12.9. The van der Waals surface area contributed by atoms with E-state index < -0.39 is 16.6 Å². The molecule has 2 aliphatic heterocycles. The molecule has 180 valence electrons. The number of piperidine rings is 1. The number of nitrogens with zero attached hydrogens (tertiary/aromatic N) is 1. The first-order chi connectivity index (χ1) is 16.3. The molecule has 4 atom stereocenters. The van der Waals surface area contributed by atoms with Gasteiger partial charge in [-0.05, 0) is 30.0 Å². The van der Waals surface area contributed by atoms with Gasteiger partial charge in [-0.25, -0.2) is 0 Å². The summed E-state index contributed by atoms with van der Waals surface area (Å²) in [6, 6.07) is 14.3. The Morgan fingerprint density at radius 2 is 1.94 bits per heavy atom. The van der Waals surface area contributed by atoms with E-state index in [-0.39, 0.29) is 17.6 Å². The lowest BCUT2D eigenvalue weighted by atomic mass is 9.43. The minimum Gasteiger partial charge on any atom is -0.504 e. The average molecular weight is 463 g/mol. The van der Waals surface area contributed by atoms with E-state index in [1.165, 1.54) is 5.56 Å². The maximum absolute atomic E-state index is 14.1. The lowest BCUT2D eigenvalue weighted by Gasteiger charge is -2.67. The number of aromatic hydroxyl groups is 1. The van der Waals surface area contributed by atoms with Crippen molar-refractivity contribution in [3.8, 4) is 11.5 Å². The van der Waals surface area contributed by atoms with Gasteiger partial charge in [0, 0.05) is 37.9 Å².